The zero-order valence-electron chi connectivity index (χ0n) is 48.4. The second-order valence-electron chi connectivity index (χ2n) is 18.4. The van der Waals surface area contributed by atoms with Crippen molar-refractivity contribution < 1.29 is 28.6 Å². The second-order valence-corrected chi connectivity index (χ2v) is 18.4. The molecule has 0 fully saturated rings. The number of ether oxygens (including phenoxy) is 3. The maximum absolute atomic E-state index is 12.9. The van der Waals surface area contributed by atoms with Gasteiger partial charge in [0.05, 0.1) is 0 Å². The molecule has 0 saturated heterocycles. The average molecular weight is 1050 g/mol. The summed E-state index contributed by atoms with van der Waals surface area (Å²) in [4.78, 5) is 38.2. The summed E-state index contributed by atoms with van der Waals surface area (Å²) in [5.41, 5.74) is 0. The largest absolute Gasteiger partial charge is 0.462 e. The molecule has 77 heavy (non-hydrogen) atoms. The standard InChI is InChI=1S/C71H104O6/c1-4-7-10-13-16-19-22-25-27-29-31-33-35-37-39-41-43-46-49-52-55-58-61-64-70(73)76-67-68(66-75-69(72)63-60-57-54-51-48-45-24-21-18-15-12-9-6-3)77-71(74)65-62-59-56-53-50-47-44-42-40-38-36-34-32-30-28-26-23-20-17-14-11-8-5-2/h7-12,16-21,25-28,31-34,37-40,43-48,52-53,55-56,68H,4-6,13-15,22-24,29-30,35-36,41-42,49-51,54,57-67H2,1-3H3/b10-7-,11-8-,12-9-,19-16-,20-17-,21-18-,27-25-,28-26-,33-31-,34-32-,39-37-,40-38-,46-43-,47-44-,48-45-,55-52-,56-53-. The second kappa shape index (κ2) is 62.5. The van der Waals surface area contributed by atoms with Crippen molar-refractivity contribution in [3.05, 3.63) is 207 Å². The molecule has 6 heteroatoms. The van der Waals surface area contributed by atoms with E-state index < -0.39 is 12.1 Å². The van der Waals surface area contributed by atoms with Crippen LogP contribution in [-0.4, -0.2) is 37.2 Å². The minimum absolute atomic E-state index is 0.147. The van der Waals surface area contributed by atoms with Crippen LogP contribution in [0.3, 0.4) is 0 Å². The summed E-state index contributed by atoms with van der Waals surface area (Å²) in [7, 11) is 0. The molecule has 0 spiro atoms. The zero-order chi connectivity index (χ0) is 55.7. The Morgan fingerprint density at radius 1 is 0.260 bits per heavy atom. The monoisotopic (exact) mass is 1050 g/mol. The van der Waals surface area contributed by atoms with Crippen LogP contribution in [0.1, 0.15) is 201 Å². The van der Waals surface area contributed by atoms with Crippen LogP contribution in [0.5, 0.6) is 0 Å². The minimum atomic E-state index is -0.859. The van der Waals surface area contributed by atoms with Crippen molar-refractivity contribution >= 4 is 17.9 Å². The van der Waals surface area contributed by atoms with Gasteiger partial charge >= 0.3 is 17.9 Å². The molecule has 0 aliphatic carbocycles. The van der Waals surface area contributed by atoms with Crippen LogP contribution in [-0.2, 0) is 28.6 Å². The lowest BCUT2D eigenvalue weighted by molar-refractivity contribution is -0.167. The van der Waals surface area contributed by atoms with Gasteiger partial charge in [0.2, 0.25) is 0 Å². The highest BCUT2D eigenvalue weighted by Crippen LogP contribution is 2.10. The number of carbonyl (C=O) groups excluding carboxylic acids is 3. The first-order valence-electron chi connectivity index (χ1n) is 29.6. The topological polar surface area (TPSA) is 78.9 Å². The molecule has 0 heterocycles. The number of unbranched alkanes of at least 4 members (excludes halogenated alkanes) is 5. The van der Waals surface area contributed by atoms with Crippen molar-refractivity contribution in [1.82, 2.24) is 0 Å². The predicted molar refractivity (Wildman–Crippen MR) is 333 cm³/mol. The quantitative estimate of drug-likeness (QED) is 0.0261. The number of hydrogen-bond donors (Lipinski definition) is 0. The fourth-order valence-corrected chi connectivity index (χ4v) is 6.96. The van der Waals surface area contributed by atoms with E-state index in [9.17, 15) is 14.4 Å². The first-order chi connectivity index (χ1) is 38.0. The number of hydrogen-bond acceptors (Lipinski definition) is 6. The maximum Gasteiger partial charge on any atom is 0.306 e. The molecule has 0 bridgehead atoms. The molecule has 0 aromatic rings. The minimum Gasteiger partial charge on any atom is -0.462 e. The van der Waals surface area contributed by atoms with Gasteiger partial charge in [-0.25, -0.2) is 0 Å². The summed E-state index contributed by atoms with van der Waals surface area (Å²) < 4.78 is 16.7. The third kappa shape index (κ3) is 60.7. The van der Waals surface area contributed by atoms with Gasteiger partial charge in [-0.3, -0.25) is 14.4 Å². The summed E-state index contributed by atoms with van der Waals surface area (Å²) in [5, 5.41) is 0. The first kappa shape index (κ1) is 71.0. The summed E-state index contributed by atoms with van der Waals surface area (Å²) in [5.74, 6) is -1.11. The summed E-state index contributed by atoms with van der Waals surface area (Å²) >= 11 is 0. The van der Waals surface area contributed by atoms with E-state index in [1.54, 1.807) is 0 Å². The van der Waals surface area contributed by atoms with Gasteiger partial charge in [-0.05, 0) is 154 Å². The molecule has 1 unspecified atom stereocenters. The molecular formula is C71H104O6. The molecule has 424 valence electrons. The normalized spacial score (nSPS) is 13.6. The maximum atomic E-state index is 12.9. The van der Waals surface area contributed by atoms with E-state index in [0.29, 0.717) is 12.8 Å². The van der Waals surface area contributed by atoms with Gasteiger partial charge in [0, 0.05) is 19.3 Å². The molecule has 1 atom stereocenters. The van der Waals surface area contributed by atoms with Gasteiger partial charge in [-0.15, -0.1) is 0 Å². The number of allylic oxidation sites excluding steroid dienone is 34. The Labute approximate surface area is 470 Å². The van der Waals surface area contributed by atoms with Gasteiger partial charge in [-0.1, -0.05) is 234 Å². The van der Waals surface area contributed by atoms with Gasteiger partial charge in [0.15, 0.2) is 6.10 Å². The molecular weight excluding hydrogens is 949 g/mol. The molecule has 0 radical (unpaired) electrons. The van der Waals surface area contributed by atoms with Crippen LogP contribution in [0.2, 0.25) is 0 Å². The van der Waals surface area contributed by atoms with Crippen molar-refractivity contribution in [1.29, 1.82) is 0 Å². The fourth-order valence-electron chi connectivity index (χ4n) is 6.96. The Bertz CT molecular complexity index is 1930. The molecule has 0 aromatic heterocycles. The van der Waals surface area contributed by atoms with Gasteiger partial charge < -0.3 is 14.2 Å². The number of carbonyl (C=O) groups is 3. The van der Waals surface area contributed by atoms with Crippen LogP contribution in [0, 0.1) is 0 Å². The van der Waals surface area contributed by atoms with E-state index in [4.69, 9.17) is 14.2 Å². The SMILES string of the molecule is CC/C=C\C/C=C\C/C=C\C/C=C\C/C=C\C/C=C\C/C=C\CCCC(=O)OCC(COC(=O)CCCCC/C=C\C/C=C\C/C=C\CC)OC(=O)CCC/C=C\C/C=C\C/C=C\C/C=C\C/C=C\C/C=C\C/C=C\CC. The molecule has 0 rings (SSSR count). The molecule has 0 aliphatic heterocycles. The molecule has 0 aliphatic rings. The number of esters is 3. The highest BCUT2D eigenvalue weighted by Gasteiger charge is 2.19. The van der Waals surface area contributed by atoms with E-state index in [2.05, 4.69) is 227 Å². The zero-order valence-corrected chi connectivity index (χ0v) is 48.4. The molecule has 0 amide bonds. The Morgan fingerprint density at radius 3 is 0.753 bits per heavy atom. The Balaban J connectivity index is 4.64. The van der Waals surface area contributed by atoms with Crippen molar-refractivity contribution in [2.45, 2.75) is 207 Å². The van der Waals surface area contributed by atoms with E-state index in [-0.39, 0.29) is 44.4 Å². The molecule has 6 nitrogen and oxygen atoms in total. The van der Waals surface area contributed by atoms with Crippen LogP contribution in [0.15, 0.2) is 207 Å². The van der Waals surface area contributed by atoms with Gasteiger partial charge in [0.1, 0.15) is 13.2 Å². The first-order valence-corrected chi connectivity index (χ1v) is 29.6. The van der Waals surface area contributed by atoms with Crippen LogP contribution < -0.4 is 0 Å². The van der Waals surface area contributed by atoms with Crippen molar-refractivity contribution in [3.8, 4) is 0 Å². The predicted octanol–water partition coefficient (Wildman–Crippen LogP) is 20.4. The number of rotatable bonds is 50. The van der Waals surface area contributed by atoms with Crippen molar-refractivity contribution in [2.24, 2.45) is 0 Å². The Hall–Kier alpha value is -6.01. The third-order valence-corrected chi connectivity index (χ3v) is 11.3. The third-order valence-electron chi connectivity index (χ3n) is 11.3. The highest BCUT2D eigenvalue weighted by atomic mass is 16.6. The Morgan fingerprint density at radius 2 is 0.481 bits per heavy atom. The lowest BCUT2D eigenvalue weighted by Gasteiger charge is -2.18. The Kier molecular flexibility index (Phi) is 57.6. The van der Waals surface area contributed by atoms with Gasteiger partial charge in [0.25, 0.3) is 0 Å². The molecule has 0 saturated carbocycles. The van der Waals surface area contributed by atoms with Gasteiger partial charge in [-0.2, -0.15) is 0 Å². The van der Waals surface area contributed by atoms with E-state index >= 15 is 0 Å². The smallest absolute Gasteiger partial charge is 0.306 e. The fraction of sp³-hybridized carbons (Fsp3) is 0.479. The summed E-state index contributed by atoms with van der Waals surface area (Å²) in [6, 6.07) is 0. The summed E-state index contributed by atoms with van der Waals surface area (Å²) in [6.45, 7) is 6.14. The van der Waals surface area contributed by atoms with E-state index in [1.807, 2.05) is 0 Å². The summed E-state index contributed by atoms with van der Waals surface area (Å²) in [6.07, 6.45) is 96.9. The van der Waals surface area contributed by atoms with Crippen LogP contribution >= 0.6 is 0 Å². The lowest BCUT2D eigenvalue weighted by atomic mass is 10.1. The van der Waals surface area contributed by atoms with E-state index in [0.717, 1.165) is 148 Å². The van der Waals surface area contributed by atoms with Crippen molar-refractivity contribution in [3.63, 3.8) is 0 Å². The highest BCUT2D eigenvalue weighted by molar-refractivity contribution is 5.71. The average Bonchev–Trinajstić information content (AvgIpc) is 3.43. The lowest BCUT2D eigenvalue weighted by Crippen LogP contribution is -2.30. The van der Waals surface area contributed by atoms with Crippen LogP contribution in [0.25, 0.3) is 0 Å². The van der Waals surface area contributed by atoms with E-state index in [1.165, 1.54) is 0 Å². The van der Waals surface area contributed by atoms with Crippen molar-refractivity contribution in [2.75, 3.05) is 13.2 Å². The molecule has 0 N–H and O–H groups in total. The van der Waals surface area contributed by atoms with Crippen LogP contribution in [0.4, 0.5) is 0 Å². The molecule has 0 aromatic carbocycles.